The summed E-state index contributed by atoms with van der Waals surface area (Å²) in [6.07, 6.45) is 1.56. The van der Waals surface area contributed by atoms with E-state index in [0.717, 1.165) is 22.6 Å². The summed E-state index contributed by atoms with van der Waals surface area (Å²) < 4.78 is 16.6. The first-order valence-corrected chi connectivity index (χ1v) is 9.18. The predicted octanol–water partition coefficient (Wildman–Crippen LogP) is 4.37. The van der Waals surface area contributed by atoms with Crippen LogP contribution >= 0.6 is 0 Å². The summed E-state index contributed by atoms with van der Waals surface area (Å²) in [5, 5.41) is 11.7. The van der Waals surface area contributed by atoms with E-state index in [1.54, 1.807) is 33.8 Å². The van der Waals surface area contributed by atoms with Gasteiger partial charge in [-0.1, -0.05) is 18.2 Å². The van der Waals surface area contributed by atoms with Gasteiger partial charge >= 0.3 is 0 Å². The van der Waals surface area contributed by atoms with E-state index in [4.69, 9.17) is 0 Å². The number of nitrogens with zero attached hydrogens (tertiary/aromatic N) is 4. The average Bonchev–Trinajstić information content (AvgIpc) is 3.25. The zero-order valence-electron chi connectivity index (χ0n) is 16.3. The Balaban J connectivity index is 1.65. The molecule has 0 bridgehead atoms. The summed E-state index contributed by atoms with van der Waals surface area (Å²) in [4.78, 5) is 12.9. The van der Waals surface area contributed by atoms with E-state index in [1.165, 1.54) is 12.1 Å². The molecule has 29 heavy (non-hydrogen) atoms. The highest BCUT2D eigenvalue weighted by atomic mass is 19.1. The standard InChI is InChI=1S/C22H20FN5O/c1-14-6-4-5-7-20(14)27-16(3)19(13-24-27)22(29)25-21-12-15(2)26-28(21)18-10-8-17(23)9-11-18/h4-13H,1-3H3,(H,25,29). The third-order valence-corrected chi connectivity index (χ3v) is 4.74. The van der Waals surface area contributed by atoms with Gasteiger partial charge in [-0.05, 0) is 56.7 Å². The van der Waals surface area contributed by atoms with Crippen LogP contribution in [-0.4, -0.2) is 25.5 Å². The van der Waals surface area contributed by atoms with Crippen molar-refractivity contribution < 1.29 is 9.18 Å². The van der Waals surface area contributed by atoms with Crippen LogP contribution in [-0.2, 0) is 0 Å². The Morgan fingerprint density at radius 3 is 2.45 bits per heavy atom. The molecule has 0 aliphatic carbocycles. The quantitative estimate of drug-likeness (QED) is 0.564. The summed E-state index contributed by atoms with van der Waals surface area (Å²) in [7, 11) is 0. The molecule has 0 unspecified atom stereocenters. The van der Waals surface area contributed by atoms with E-state index in [-0.39, 0.29) is 11.7 Å². The monoisotopic (exact) mass is 389 g/mol. The number of aryl methyl sites for hydroxylation is 2. The summed E-state index contributed by atoms with van der Waals surface area (Å²) in [5.74, 6) is -0.116. The van der Waals surface area contributed by atoms with Gasteiger partial charge in [0, 0.05) is 6.07 Å². The molecule has 0 spiro atoms. The van der Waals surface area contributed by atoms with E-state index in [1.807, 2.05) is 45.0 Å². The molecule has 2 heterocycles. The molecule has 0 radical (unpaired) electrons. The van der Waals surface area contributed by atoms with Crippen LogP contribution < -0.4 is 5.32 Å². The second kappa shape index (κ2) is 7.35. The highest BCUT2D eigenvalue weighted by Crippen LogP contribution is 2.21. The number of benzene rings is 2. The molecule has 146 valence electrons. The number of rotatable bonds is 4. The number of carbonyl (C=O) groups excluding carboxylic acids is 1. The van der Waals surface area contributed by atoms with Crippen molar-refractivity contribution in [3.8, 4) is 11.4 Å². The normalized spacial score (nSPS) is 10.9. The zero-order chi connectivity index (χ0) is 20.5. The topological polar surface area (TPSA) is 64.7 Å². The van der Waals surface area contributed by atoms with Crippen molar-refractivity contribution in [1.29, 1.82) is 0 Å². The van der Waals surface area contributed by atoms with Gasteiger partial charge in [0.25, 0.3) is 5.91 Å². The minimum absolute atomic E-state index is 0.286. The summed E-state index contributed by atoms with van der Waals surface area (Å²) in [6.45, 7) is 5.69. The van der Waals surface area contributed by atoms with Crippen molar-refractivity contribution in [2.24, 2.45) is 0 Å². The van der Waals surface area contributed by atoms with Crippen LogP contribution in [0.1, 0.15) is 27.3 Å². The van der Waals surface area contributed by atoms with Crippen LogP contribution in [0.25, 0.3) is 11.4 Å². The Hall–Kier alpha value is -3.74. The minimum Gasteiger partial charge on any atom is -0.306 e. The van der Waals surface area contributed by atoms with Crippen molar-refractivity contribution in [2.75, 3.05) is 5.32 Å². The number of nitrogens with one attached hydrogen (secondary N) is 1. The van der Waals surface area contributed by atoms with Crippen LogP contribution in [0.4, 0.5) is 10.2 Å². The molecule has 0 aliphatic heterocycles. The van der Waals surface area contributed by atoms with Crippen molar-refractivity contribution >= 4 is 11.7 Å². The Labute approximate surface area is 167 Å². The molecule has 2 aromatic heterocycles. The number of para-hydroxylation sites is 1. The van der Waals surface area contributed by atoms with E-state index < -0.39 is 0 Å². The Kier molecular flexibility index (Phi) is 4.72. The number of amides is 1. The molecule has 0 fully saturated rings. The third-order valence-electron chi connectivity index (χ3n) is 4.74. The van der Waals surface area contributed by atoms with E-state index >= 15 is 0 Å². The maximum Gasteiger partial charge on any atom is 0.260 e. The highest BCUT2D eigenvalue weighted by Gasteiger charge is 2.18. The number of carbonyl (C=O) groups is 1. The Morgan fingerprint density at radius 2 is 1.72 bits per heavy atom. The second-order valence-electron chi connectivity index (χ2n) is 6.86. The molecular weight excluding hydrogens is 369 g/mol. The number of aromatic nitrogens is 4. The number of anilines is 1. The van der Waals surface area contributed by atoms with Gasteiger partial charge < -0.3 is 5.32 Å². The predicted molar refractivity (Wildman–Crippen MR) is 109 cm³/mol. The van der Waals surface area contributed by atoms with Gasteiger partial charge in [-0.15, -0.1) is 0 Å². The van der Waals surface area contributed by atoms with E-state index in [2.05, 4.69) is 15.5 Å². The zero-order valence-corrected chi connectivity index (χ0v) is 16.3. The minimum atomic E-state index is -0.331. The number of hydrogen-bond acceptors (Lipinski definition) is 3. The molecule has 6 nitrogen and oxygen atoms in total. The second-order valence-corrected chi connectivity index (χ2v) is 6.86. The van der Waals surface area contributed by atoms with Crippen molar-refractivity contribution in [2.45, 2.75) is 20.8 Å². The fraction of sp³-hybridized carbons (Fsp3) is 0.136. The Bertz CT molecular complexity index is 1190. The third kappa shape index (κ3) is 3.54. The molecule has 0 saturated heterocycles. The molecule has 0 aliphatic rings. The first kappa shape index (κ1) is 18.6. The Morgan fingerprint density at radius 1 is 1.00 bits per heavy atom. The van der Waals surface area contributed by atoms with Crippen LogP contribution in [0, 0.1) is 26.6 Å². The van der Waals surface area contributed by atoms with E-state index in [0.29, 0.717) is 17.1 Å². The lowest BCUT2D eigenvalue weighted by atomic mass is 10.2. The number of hydrogen-bond donors (Lipinski definition) is 1. The van der Waals surface area contributed by atoms with Gasteiger partial charge in [0.05, 0.1) is 34.5 Å². The average molecular weight is 389 g/mol. The van der Waals surface area contributed by atoms with Gasteiger partial charge in [0.15, 0.2) is 0 Å². The molecule has 7 heteroatoms. The molecule has 1 amide bonds. The van der Waals surface area contributed by atoms with E-state index in [9.17, 15) is 9.18 Å². The van der Waals surface area contributed by atoms with Crippen LogP contribution in [0.2, 0.25) is 0 Å². The van der Waals surface area contributed by atoms with Gasteiger partial charge in [0.1, 0.15) is 11.6 Å². The summed E-state index contributed by atoms with van der Waals surface area (Å²) >= 11 is 0. The van der Waals surface area contributed by atoms with Gasteiger partial charge in [0.2, 0.25) is 0 Å². The summed E-state index contributed by atoms with van der Waals surface area (Å²) in [6, 6.07) is 15.6. The highest BCUT2D eigenvalue weighted by molar-refractivity contribution is 6.04. The lowest BCUT2D eigenvalue weighted by Gasteiger charge is -2.10. The maximum absolute atomic E-state index is 13.2. The largest absolute Gasteiger partial charge is 0.306 e. The molecule has 0 saturated carbocycles. The molecular formula is C22H20FN5O. The van der Waals surface area contributed by atoms with Crippen LogP contribution in [0.3, 0.4) is 0 Å². The summed E-state index contributed by atoms with van der Waals surface area (Å²) in [5.41, 5.74) is 4.59. The van der Waals surface area contributed by atoms with Crippen LogP contribution in [0.15, 0.2) is 60.8 Å². The molecule has 4 rings (SSSR count). The van der Waals surface area contributed by atoms with Gasteiger partial charge in [-0.3, -0.25) is 4.79 Å². The lowest BCUT2D eigenvalue weighted by Crippen LogP contribution is -2.16. The van der Waals surface area contributed by atoms with Crippen molar-refractivity contribution in [1.82, 2.24) is 19.6 Å². The smallest absolute Gasteiger partial charge is 0.260 e. The molecule has 2 aromatic carbocycles. The molecule has 0 atom stereocenters. The van der Waals surface area contributed by atoms with Crippen molar-refractivity contribution in [3.63, 3.8) is 0 Å². The van der Waals surface area contributed by atoms with Crippen molar-refractivity contribution in [3.05, 3.63) is 89.1 Å². The maximum atomic E-state index is 13.2. The fourth-order valence-electron chi connectivity index (χ4n) is 3.23. The van der Waals surface area contributed by atoms with Gasteiger partial charge in [-0.2, -0.15) is 10.2 Å². The van der Waals surface area contributed by atoms with Gasteiger partial charge in [-0.25, -0.2) is 13.8 Å². The lowest BCUT2D eigenvalue weighted by molar-refractivity contribution is 0.102. The first-order valence-electron chi connectivity index (χ1n) is 9.18. The fourth-order valence-corrected chi connectivity index (χ4v) is 3.23. The molecule has 4 aromatic rings. The van der Waals surface area contributed by atoms with Crippen LogP contribution in [0.5, 0.6) is 0 Å². The molecule has 1 N–H and O–H groups in total. The first-order chi connectivity index (χ1) is 13.9. The SMILES string of the molecule is Cc1cc(NC(=O)c2cnn(-c3ccccc3C)c2C)n(-c2ccc(F)cc2)n1. The number of halogens is 1.